The van der Waals surface area contributed by atoms with Crippen LogP contribution in [0.2, 0.25) is 10.0 Å². The molecule has 0 aliphatic carbocycles. The van der Waals surface area contributed by atoms with Gasteiger partial charge in [0.2, 0.25) is 0 Å². The van der Waals surface area contributed by atoms with Crippen molar-refractivity contribution in [3.8, 4) is 0 Å². The topological polar surface area (TPSA) is 98.3 Å². The summed E-state index contributed by atoms with van der Waals surface area (Å²) in [6, 6.07) is -0.684. The molecule has 26 heavy (non-hydrogen) atoms. The third-order valence-electron chi connectivity index (χ3n) is 4.11. The van der Waals surface area contributed by atoms with E-state index in [4.69, 9.17) is 28.3 Å². The molecule has 3 heterocycles. The van der Waals surface area contributed by atoms with Crippen LogP contribution in [0, 0.1) is 6.92 Å². The van der Waals surface area contributed by atoms with Crippen LogP contribution in [-0.4, -0.2) is 52.3 Å². The highest BCUT2D eigenvalue weighted by Crippen LogP contribution is 2.30. The van der Waals surface area contributed by atoms with E-state index in [2.05, 4.69) is 15.3 Å². The monoisotopic (exact) mass is 420 g/mol. The predicted octanol–water partition coefficient (Wildman–Crippen LogP) is 3.13. The number of aromatic amines is 1. The Kier molecular flexibility index (Phi) is 5.40. The van der Waals surface area contributed by atoms with E-state index in [1.54, 1.807) is 11.8 Å². The van der Waals surface area contributed by atoms with E-state index in [0.29, 0.717) is 23.8 Å². The number of anilines is 1. The van der Waals surface area contributed by atoms with E-state index in [0.717, 1.165) is 11.3 Å². The minimum absolute atomic E-state index is 0.00968. The standard InChI is InChI=1S/C15H15Cl2FN4O3S/c1-6-10(16)11(17)12(20-6)13(23)21-8-2-3-22(5-7(8)18)15-19-4-9(26-15)14(24)25/h4,7-8,20H,2-3,5H2,1H3,(H,21,23)(H,24,25)/t7-,8+/m1/s1. The number of carboxylic acids is 1. The fourth-order valence-corrected chi connectivity index (χ4v) is 3.93. The van der Waals surface area contributed by atoms with Crippen molar-refractivity contribution in [2.75, 3.05) is 18.0 Å². The van der Waals surface area contributed by atoms with Crippen molar-refractivity contribution in [2.24, 2.45) is 0 Å². The molecule has 1 aliphatic heterocycles. The van der Waals surface area contributed by atoms with Crippen molar-refractivity contribution < 1.29 is 19.1 Å². The second-order valence-electron chi connectivity index (χ2n) is 5.90. The van der Waals surface area contributed by atoms with Gasteiger partial charge in [-0.25, -0.2) is 14.2 Å². The average molecular weight is 421 g/mol. The van der Waals surface area contributed by atoms with Crippen molar-refractivity contribution in [3.63, 3.8) is 0 Å². The maximum absolute atomic E-state index is 14.5. The summed E-state index contributed by atoms with van der Waals surface area (Å²) in [7, 11) is 0. The number of H-pyrrole nitrogens is 1. The fraction of sp³-hybridized carbons (Fsp3) is 0.400. The number of aromatic carboxylic acids is 1. The lowest BCUT2D eigenvalue weighted by molar-refractivity contribution is 0.0701. The fourth-order valence-electron chi connectivity index (χ4n) is 2.72. The molecule has 2 atom stereocenters. The third kappa shape index (κ3) is 3.65. The van der Waals surface area contributed by atoms with Crippen LogP contribution in [-0.2, 0) is 0 Å². The van der Waals surface area contributed by atoms with Crippen LogP contribution < -0.4 is 10.2 Å². The Bertz CT molecular complexity index is 856. The van der Waals surface area contributed by atoms with Crippen molar-refractivity contribution in [1.82, 2.24) is 15.3 Å². The van der Waals surface area contributed by atoms with Crippen molar-refractivity contribution in [1.29, 1.82) is 0 Å². The van der Waals surface area contributed by atoms with Crippen LogP contribution in [0.25, 0.3) is 0 Å². The summed E-state index contributed by atoms with van der Waals surface area (Å²) in [4.78, 5) is 31.9. The minimum atomic E-state index is -1.34. The molecule has 1 saturated heterocycles. The summed E-state index contributed by atoms with van der Waals surface area (Å²) in [6.45, 7) is 2.13. The number of rotatable bonds is 4. The summed E-state index contributed by atoms with van der Waals surface area (Å²) < 4.78 is 14.5. The van der Waals surface area contributed by atoms with Crippen molar-refractivity contribution in [2.45, 2.75) is 25.6 Å². The number of hydrogen-bond acceptors (Lipinski definition) is 5. The molecule has 11 heteroatoms. The van der Waals surface area contributed by atoms with Crippen LogP contribution in [0.3, 0.4) is 0 Å². The quantitative estimate of drug-likeness (QED) is 0.705. The first-order valence-corrected chi connectivity index (χ1v) is 9.27. The number of halogens is 3. The molecule has 0 unspecified atom stereocenters. The van der Waals surface area contributed by atoms with Gasteiger partial charge in [0.15, 0.2) is 5.13 Å². The second-order valence-corrected chi connectivity index (χ2v) is 7.66. The first-order chi connectivity index (χ1) is 12.3. The SMILES string of the molecule is Cc1[nH]c(C(=O)N[C@H]2CCN(c3ncc(C(=O)O)s3)C[C@H]2F)c(Cl)c1Cl. The number of carboxylic acid groups (broad SMARTS) is 1. The minimum Gasteiger partial charge on any atom is -0.477 e. The largest absolute Gasteiger partial charge is 0.477 e. The number of nitrogens with zero attached hydrogens (tertiary/aromatic N) is 2. The molecule has 1 amide bonds. The molecule has 0 bridgehead atoms. The Morgan fingerprint density at radius 2 is 2.19 bits per heavy atom. The smallest absolute Gasteiger partial charge is 0.347 e. The van der Waals surface area contributed by atoms with E-state index in [9.17, 15) is 14.0 Å². The number of aryl methyl sites for hydroxylation is 1. The molecule has 0 spiro atoms. The summed E-state index contributed by atoms with van der Waals surface area (Å²) in [5.74, 6) is -1.59. The lowest BCUT2D eigenvalue weighted by Gasteiger charge is -2.34. The molecule has 2 aromatic heterocycles. The van der Waals surface area contributed by atoms with Gasteiger partial charge in [-0.15, -0.1) is 0 Å². The second kappa shape index (κ2) is 7.42. The summed E-state index contributed by atoms with van der Waals surface area (Å²) in [5, 5.41) is 12.4. The Morgan fingerprint density at radius 3 is 2.73 bits per heavy atom. The molecular formula is C15H15Cl2FN4O3S. The average Bonchev–Trinajstić information content (AvgIpc) is 3.18. The number of amides is 1. The van der Waals surface area contributed by atoms with Gasteiger partial charge in [-0.3, -0.25) is 4.79 Å². The normalized spacial score (nSPS) is 20.2. The van der Waals surface area contributed by atoms with Crippen molar-refractivity contribution >= 4 is 51.5 Å². The first-order valence-electron chi connectivity index (χ1n) is 7.70. The number of aromatic nitrogens is 2. The van der Waals surface area contributed by atoms with E-state index < -0.39 is 24.1 Å². The van der Waals surface area contributed by atoms with E-state index in [1.807, 2.05) is 0 Å². The molecule has 3 N–H and O–H groups in total. The van der Waals surface area contributed by atoms with Gasteiger partial charge in [0.1, 0.15) is 16.7 Å². The van der Waals surface area contributed by atoms with Crippen molar-refractivity contribution in [3.05, 3.63) is 32.5 Å². The molecule has 1 aliphatic rings. The highest BCUT2D eigenvalue weighted by Gasteiger charge is 2.33. The van der Waals surface area contributed by atoms with Gasteiger partial charge in [-0.05, 0) is 13.3 Å². The van der Waals surface area contributed by atoms with Crippen LogP contribution in [0.15, 0.2) is 6.20 Å². The van der Waals surface area contributed by atoms with E-state index >= 15 is 0 Å². The van der Waals surface area contributed by atoms with E-state index in [1.165, 1.54) is 6.20 Å². The Labute approximate surface area is 162 Å². The van der Waals surface area contributed by atoms with Gasteiger partial charge in [-0.1, -0.05) is 34.5 Å². The summed E-state index contributed by atoms with van der Waals surface area (Å²) in [5.41, 5.74) is 0.668. The highest BCUT2D eigenvalue weighted by molar-refractivity contribution is 7.17. The van der Waals surface area contributed by atoms with Crippen LogP contribution in [0.1, 0.15) is 32.3 Å². The van der Waals surface area contributed by atoms with Gasteiger partial charge in [0.25, 0.3) is 5.91 Å². The number of piperidine rings is 1. The lowest BCUT2D eigenvalue weighted by Crippen LogP contribution is -2.52. The zero-order chi connectivity index (χ0) is 19.0. The first kappa shape index (κ1) is 18.9. The van der Waals surface area contributed by atoms with Crippen LogP contribution in [0.5, 0.6) is 0 Å². The molecule has 0 radical (unpaired) electrons. The number of nitrogens with one attached hydrogen (secondary N) is 2. The van der Waals surface area contributed by atoms with Crippen LogP contribution in [0.4, 0.5) is 9.52 Å². The summed E-state index contributed by atoms with van der Waals surface area (Å²) in [6.07, 6.45) is 0.262. The van der Waals surface area contributed by atoms with Gasteiger partial charge >= 0.3 is 5.97 Å². The Hall–Kier alpha value is -1.84. The molecule has 3 rings (SSSR count). The third-order valence-corrected chi connectivity index (χ3v) is 6.11. The molecular weight excluding hydrogens is 406 g/mol. The number of thiazole rings is 1. The number of alkyl halides is 1. The van der Waals surface area contributed by atoms with Gasteiger partial charge in [0.05, 0.1) is 28.8 Å². The highest BCUT2D eigenvalue weighted by atomic mass is 35.5. The number of hydrogen-bond donors (Lipinski definition) is 3. The Morgan fingerprint density at radius 1 is 1.46 bits per heavy atom. The molecule has 2 aromatic rings. The molecule has 7 nitrogen and oxygen atoms in total. The van der Waals surface area contributed by atoms with Gasteiger partial charge in [0, 0.05) is 12.2 Å². The van der Waals surface area contributed by atoms with Gasteiger partial charge in [-0.2, -0.15) is 0 Å². The summed E-state index contributed by atoms with van der Waals surface area (Å²) >= 11 is 13.0. The predicted molar refractivity (Wildman–Crippen MR) is 97.6 cm³/mol. The number of carbonyl (C=O) groups is 2. The van der Waals surface area contributed by atoms with Crippen LogP contribution >= 0.6 is 34.5 Å². The van der Waals surface area contributed by atoms with Gasteiger partial charge < -0.3 is 20.3 Å². The lowest BCUT2D eigenvalue weighted by atomic mass is 10.0. The molecule has 1 fully saturated rings. The zero-order valence-electron chi connectivity index (χ0n) is 13.6. The Balaban J connectivity index is 1.64. The van der Waals surface area contributed by atoms with E-state index in [-0.39, 0.29) is 27.2 Å². The zero-order valence-corrected chi connectivity index (χ0v) is 15.9. The molecule has 0 aromatic carbocycles. The maximum atomic E-state index is 14.5. The number of carbonyl (C=O) groups excluding carboxylic acids is 1. The maximum Gasteiger partial charge on any atom is 0.347 e. The molecule has 140 valence electrons. The molecule has 0 saturated carbocycles.